The monoisotopic (exact) mass is 378 g/mol. The first kappa shape index (κ1) is 20.7. The first-order valence-corrected chi connectivity index (χ1v) is 8.77. The zero-order valence-corrected chi connectivity index (χ0v) is 15.8. The number of carboxylic acids is 1. The average Bonchev–Trinajstić information content (AvgIpc) is 2.59. The highest BCUT2D eigenvalue weighted by atomic mass is 16.6. The third kappa shape index (κ3) is 4.57. The van der Waals surface area contributed by atoms with E-state index in [-0.39, 0.29) is 19.6 Å². The summed E-state index contributed by atoms with van der Waals surface area (Å²) in [5.74, 6) is -2.37. The van der Waals surface area contributed by atoms with Crippen molar-refractivity contribution in [2.24, 2.45) is 11.1 Å². The Bertz CT molecular complexity index is 700. The number of esters is 1. The van der Waals surface area contributed by atoms with Crippen molar-refractivity contribution in [3.8, 4) is 0 Å². The topological polar surface area (TPSA) is 119 Å². The van der Waals surface area contributed by atoms with Gasteiger partial charge in [-0.2, -0.15) is 0 Å². The number of hydrogen-bond acceptors (Lipinski definition) is 6. The predicted octanol–water partition coefficient (Wildman–Crippen LogP) is 2.12. The molecule has 8 heteroatoms. The Labute approximate surface area is 158 Å². The highest BCUT2D eigenvalue weighted by Crippen LogP contribution is 2.36. The van der Waals surface area contributed by atoms with Crippen LogP contribution in [-0.4, -0.2) is 46.3 Å². The lowest BCUT2D eigenvalue weighted by atomic mass is 9.77. The first-order chi connectivity index (χ1) is 12.6. The number of ether oxygens (including phenoxy) is 2. The highest BCUT2D eigenvalue weighted by molar-refractivity contribution is 6.00. The van der Waals surface area contributed by atoms with E-state index in [1.165, 1.54) is 0 Å². The average molecular weight is 378 g/mol. The third-order valence-corrected chi connectivity index (χ3v) is 4.40. The molecule has 1 aromatic rings. The van der Waals surface area contributed by atoms with E-state index in [0.29, 0.717) is 6.42 Å². The molecule has 2 atom stereocenters. The normalized spacial score (nSPS) is 22.8. The molecule has 1 aliphatic rings. The van der Waals surface area contributed by atoms with Crippen LogP contribution >= 0.6 is 0 Å². The number of nitrogens with zero attached hydrogens (tertiary/aromatic N) is 1. The number of piperidine rings is 1. The maximum absolute atomic E-state index is 12.7. The van der Waals surface area contributed by atoms with E-state index in [4.69, 9.17) is 15.2 Å². The fourth-order valence-electron chi connectivity index (χ4n) is 3.00. The van der Waals surface area contributed by atoms with Gasteiger partial charge in [0.05, 0.1) is 0 Å². The number of carboxylic acid groups (broad SMARTS) is 1. The van der Waals surface area contributed by atoms with Gasteiger partial charge in [-0.15, -0.1) is 0 Å². The summed E-state index contributed by atoms with van der Waals surface area (Å²) in [7, 11) is 0. The minimum Gasteiger partial charge on any atom is -0.480 e. The van der Waals surface area contributed by atoms with Gasteiger partial charge in [-0.3, -0.25) is 14.5 Å². The summed E-state index contributed by atoms with van der Waals surface area (Å²) >= 11 is 0. The maximum Gasteiger partial charge on any atom is 0.411 e. The molecule has 148 valence electrons. The summed E-state index contributed by atoms with van der Waals surface area (Å²) in [5, 5.41) is 9.80. The molecule has 0 unspecified atom stereocenters. The second-order valence-electron chi connectivity index (χ2n) is 7.56. The van der Waals surface area contributed by atoms with Crippen LogP contribution in [0.1, 0.15) is 39.2 Å². The summed E-state index contributed by atoms with van der Waals surface area (Å²) in [6.45, 7) is 5.21. The lowest BCUT2D eigenvalue weighted by Crippen LogP contribution is -2.65. The molecule has 1 amide bonds. The first-order valence-electron chi connectivity index (χ1n) is 8.77. The van der Waals surface area contributed by atoms with Gasteiger partial charge >= 0.3 is 18.0 Å². The van der Waals surface area contributed by atoms with Crippen LogP contribution in [0.4, 0.5) is 4.79 Å². The summed E-state index contributed by atoms with van der Waals surface area (Å²) in [4.78, 5) is 38.3. The molecule has 1 fully saturated rings. The second kappa shape index (κ2) is 7.96. The fraction of sp³-hybridized carbons (Fsp3) is 0.526. The maximum atomic E-state index is 12.7. The van der Waals surface area contributed by atoms with Crippen molar-refractivity contribution in [1.29, 1.82) is 0 Å². The van der Waals surface area contributed by atoms with E-state index >= 15 is 0 Å². The Morgan fingerprint density at radius 2 is 1.89 bits per heavy atom. The largest absolute Gasteiger partial charge is 0.480 e. The van der Waals surface area contributed by atoms with Crippen molar-refractivity contribution in [3.63, 3.8) is 0 Å². The van der Waals surface area contributed by atoms with Crippen molar-refractivity contribution in [3.05, 3.63) is 35.9 Å². The summed E-state index contributed by atoms with van der Waals surface area (Å²) in [6.07, 6.45) is -1.87. The number of aliphatic carboxylic acids is 1. The zero-order valence-electron chi connectivity index (χ0n) is 15.8. The van der Waals surface area contributed by atoms with Crippen molar-refractivity contribution in [1.82, 2.24) is 4.90 Å². The van der Waals surface area contributed by atoms with Crippen LogP contribution in [0.2, 0.25) is 0 Å². The SMILES string of the molecule is CC(C)(C)OC(=O)N1CCC[C@](C(=O)O)(C(=O)OCc2ccccc2)[C@@H]1N. The van der Waals surface area contributed by atoms with Crippen LogP contribution in [0.3, 0.4) is 0 Å². The van der Waals surface area contributed by atoms with Crippen LogP contribution in [0.25, 0.3) is 0 Å². The van der Waals surface area contributed by atoms with Crippen LogP contribution in [-0.2, 0) is 25.7 Å². The fourth-order valence-corrected chi connectivity index (χ4v) is 3.00. The lowest BCUT2D eigenvalue weighted by Gasteiger charge is -2.43. The Morgan fingerprint density at radius 1 is 1.26 bits per heavy atom. The number of rotatable bonds is 4. The van der Waals surface area contributed by atoms with Gasteiger partial charge in [0.15, 0.2) is 5.41 Å². The highest BCUT2D eigenvalue weighted by Gasteiger charge is 2.58. The predicted molar refractivity (Wildman–Crippen MR) is 96.5 cm³/mol. The zero-order chi connectivity index (χ0) is 20.2. The minimum absolute atomic E-state index is 0.0174. The number of carbonyl (C=O) groups is 3. The molecule has 0 spiro atoms. The van der Waals surface area contributed by atoms with Crippen molar-refractivity contribution in [2.75, 3.05) is 6.54 Å². The van der Waals surface area contributed by atoms with Gasteiger partial charge in [0.2, 0.25) is 0 Å². The van der Waals surface area contributed by atoms with Gasteiger partial charge in [-0.1, -0.05) is 30.3 Å². The lowest BCUT2D eigenvalue weighted by molar-refractivity contribution is -0.178. The van der Waals surface area contributed by atoms with Gasteiger partial charge in [-0.05, 0) is 39.2 Å². The molecule has 0 bridgehead atoms. The van der Waals surface area contributed by atoms with E-state index < -0.39 is 35.2 Å². The second-order valence-corrected chi connectivity index (χ2v) is 7.56. The van der Waals surface area contributed by atoms with E-state index in [0.717, 1.165) is 10.5 Å². The molecule has 0 aromatic heterocycles. The van der Waals surface area contributed by atoms with E-state index in [2.05, 4.69) is 0 Å². The van der Waals surface area contributed by atoms with E-state index in [9.17, 15) is 19.5 Å². The number of nitrogens with two attached hydrogens (primary N) is 1. The molecule has 3 N–H and O–H groups in total. The molecule has 27 heavy (non-hydrogen) atoms. The van der Waals surface area contributed by atoms with Gasteiger partial charge in [0.25, 0.3) is 0 Å². The molecule has 8 nitrogen and oxygen atoms in total. The number of carbonyl (C=O) groups excluding carboxylic acids is 2. The Hall–Kier alpha value is -2.61. The third-order valence-electron chi connectivity index (χ3n) is 4.40. The molecule has 1 saturated heterocycles. The van der Waals surface area contributed by atoms with Gasteiger partial charge in [0, 0.05) is 6.54 Å². The van der Waals surface area contributed by atoms with Gasteiger partial charge in [0.1, 0.15) is 18.4 Å². The Morgan fingerprint density at radius 3 is 2.44 bits per heavy atom. The summed E-state index contributed by atoms with van der Waals surface area (Å²) in [6, 6.07) is 8.91. The molecular formula is C19H26N2O6. The standard InChI is InChI=1S/C19H26N2O6/c1-18(2,3)27-17(25)21-11-7-10-19(14(21)20,15(22)23)16(24)26-12-13-8-5-4-6-9-13/h4-6,8-9,14H,7,10-12,20H2,1-3H3,(H,22,23)/t14-,19+/m1/s1. The smallest absolute Gasteiger partial charge is 0.411 e. The molecular weight excluding hydrogens is 352 g/mol. The van der Waals surface area contributed by atoms with Crippen LogP contribution in [0, 0.1) is 5.41 Å². The van der Waals surface area contributed by atoms with Crippen LogP contribution in [0.15, 0.2) is 30.3 Å². The Balaban J connectivity index is 2.21. The van der Waals surface area contributed by atoms with Crippen molar-refractivity contribution < 1.29 is 29.0 Å². The quantitative estimate of drug-likeness (QED) is 0.608. The van der Waals surface area contributed by atoms with E-state index in [1.807, 2.05) is 6.07 Å². The van der Waals surface area contributed by atoms with Crippen LogP contribution in [0.5, 0.6) is 0 Å². The van der Waals surface area contributed by atoms with Crippen molar-refractivity contribution >= 4 is 18.0 Å². The summed E-state index contributed by atoms with van der Waals surface area (Å²) < 4.78 is 10.5. The van der Waals surface area contributed by atoms with E-state index in [1.54, 1.807) is 45.0 Å². The van der Waals surface area contributed by atoms with Gasteiger partial charge in [-0.25, -0.2) is 4.79 Å². The molecule has 0 radical (unpaired) electrons. The number of likely N-dealkylation sites (tertiary alicyclic amines) is 1. The summed E-state index contributed by atoms with van der Waals surface area (Å²) in [5.41, 5.74) is 4.01. The number of hydrogen-bond donors (Lipinski definition) is 2. The number of benzene rings is 1. The molecule has 0 aliphatic carbocycles. The Kier molecular flexibility index (Phi) is 6.10. The van der Waals surface area contributed by atoms with Crippen LogP contribution < -0.4 is 5.73 Å². The molecule has 1 aliphatic heterocycles. The van der Waals surface area contributed by atoms with Gasteiger partial charge < -0.3 is 20.3 Å². The number of amides is 1. The van der Waals surface area contributed by atoms with Crippen molar-refractivity contribution in [2.45, 2.75) is 52.0 Å². The minimum atomic E-state index is -2.04. The molecule has 1 heterocycles. The molecule has 2 rings (SSSR count). The molecule has 0 saturated carbocycles. The molecule has 1 aromatic carbocycles.